The lowest BCUT2D eigenvalue weighted by atomic mass is 9.95. The van der Waals surface area contributed by atoms with E-state index in [-0.39, 0.29) is 11.5 Å². The monoisotopic (exact) mass is 290 g/mol. The van der Waals surface area contributed by atoms with Gasteiger partial charge in [0, 0.05) is 17.5 Å². The van der Waals surface area contributed by atoms with E-state index in [0.29, 0.717) is 17.7 Å². The van der Waals surface area contributed by atoms with Crippen molar-refractivity contribution in [2.24, 2.45) is 0 Å². The molecule has 3 heteroatoms. The smallest absolute Gasteiger partial charge is 0.135 e. The highest BCUT2D eigenvalue weighted by Crippen LogP contribution is 2.44. The number of hydrogen-bond donors (Lipinski definition) is 2. The van der Waals surface area contributed by atoms with E-state index in [4.69, 9.17) is 4.74 Å². The largest absolute Gasteiger partial charge is 0.507 e. The van der Waals surface area contributed by atoms with Gasteiger partial charge in [-0.25, -0.2) is 0 Å². The summed E-state index contributed by atoms with van der Waals surface area (Å²) in [5.74, 6) is 1.81. The van der Waals surface area contributed by atoms with Gasteiger partial charge in [-0.1, -0.05) is 36.4 Å². The van der Waals surface area contributed by atoms with Crippen molar-refractivity contribution in [3.63, 3.8) is 0 Å². The van der Waals surface area contributed by atoms with Gasteiger partial charge in [0.05, 0.1) is 0 Å². The summed E-state index contributed by atoms with van der Waals surface area (Å²) >= 11 is 0. The van der Waals surface area contributed by atoms with Gasteiger partial charge in [0.1, 0.15) is 23.0 Å². The number of aromatic hydroxyl groups is 2. The number of phenols is 2. The molecule has 3 aromatic carbocycles. The van der Waals surface area contributed by atoms with Crippen molar-refractivity contribution in [2.75, 3.05) is 0 Å². The number of rotatable bonds is 1. The van der Waals surface area contributed by atoms with Crippen LogP contribution in [0.2, 0.25) is 0 Å². The summed E-state index contributed by atoms with van der Waals surface area (Å²) in [5.41, 5.74) is 3.23. The molecule has 0 unspecified atom stereocenters. The minimum absolute atomic E-state index is 0.179. The quantitative estimate of drug-likeness (QED) is 0.544. The predicted molar refractivity (Wildman–Crippen MR) is 84.5 cm³/mol. The van der Waals surface area contributed by atoms with Crippen LogP contribution in [0.15, 0.2) is 60.7 Å². The third-order valence-electron chi connectivity index (χ3n) is 3.96. The molecule has 0 bridgehead atoms. The molecule has 22 heavy (non-hydrogen) atoms. The van der Waals surface area contributed by atoms with E-state index in [1.807, 2.05) is 42.5 Å². The molecule has 3 nitrogen and oxygen atoms in total. The minimum atomic E-state index is 0.179. The zero-order chi connectivity index (χ0) is 15.1. The Labute approximate surface area is 128 Å². The normalized spacial score (nSPS) is 12.2. The Morgan fingerprint density at radius 2 is 1.55 bits per heavy atom. The first-order valence-corrected chi connectivity index (χ1v) is 7.12. The number of para-hydroxylation sites is 2. The number of benzene rings is 3. The third-order valence-corrected chi connectivity index (χ3v) is 3.96. The van der Waals surface area contributed by atoms with Gasteiger partial charge in [0.15, 0.2) is 0 Å². The zero-order valence-corrected chi connectivity index (χ0v) is 11.8. The van der Waals surface area contributed by atoms with Gasteiger partial charge in [-0.3, -0.25) is 0 Å². The molecule has 0 amide bonds. The Kier molecular flexibility index (Phi) is 2.79. The lowest BCUT2D eigenvalue weighted by molar-refractivity contribution is 0.432. The van der Waals surface area contributed by atoms with Gasteiger partial charge in [-0.15, -0.1) is 0 Å². The minimum Gasteiger partial charge on any atom is -0.507 e. The Bertz CT molecular complexity index is 868. The van der Waals surface area contributed by atoms with Crippen LogP contribution >= 0.6 is 0 Å². The van der Waals surface area contributed by atoms with Crippen LogP contribution in [0, 0.1) is 0 Å². The second kappa shape index (κ2) is 4.81. The van der Waals surface area contributed by atoms with Gasteiger partial charge < -0.3 is 14.9 Å². The molecule has 1 heterocycles. The molecule has 0 atom stereocenters. The number of hydrogen-bond acceptors (Lipinski definition) is 3. The molecule has 0 fully saturated rings. The van der Waals surface area contributed by atoms with Crippen LogP contribution in [0.1, 0.15) is 11.1 Å². The summed E-state index contributed by atoms with van der Waals surface area (Å²) in [6.45, 7) is 0. The summed E-state index contributed by atoms with van der Waals surface area (Å²) in [6, 6.07) is 18.4. The molecule has 0 radical (unpaired) electrons. The molecule has 2 N–H and O–H groups in total. The van der Waals surface area contributed by atoms with Gasteiger partial charge in [-0.2, -0.15) is 0 Å². The number of fused-ring (bicyclic) bond motifs is 2. The van der Waals surface area contributed by atoms with Crippen LogP contribution < -0.4 is 4.74 Å². The van der Waals surface area contributed by atoms with Crippen molar-refractivity contribution in [3.8, 4) is 34.1 Å². The summed E-state index contributed by atoms with van der Waals surface area (Å²) < 4.78 is 5.92. The molecule has 1 aliphatic heterocycles. The van der Waals surface area contributed by atoms with E-state index < -0.39 is 0 Å². The SMILES string of the molecule is Oc1ccccc1-c1cc(O)c2c(c1)Oc1ccccc1C2. The molecule has 4 rings (SSSR count). The van der Waals surface area contributed by atoms with E-state index >= 15 is 0 Å². The predicted octanol–water partition coefficient (Wildman–Crippen LogP) is 4.46. The van der Waals surface area contributed by atoms with E-state index in [1.54, 1.807) is 18.2 Å². The van der Waals surface area contributed by atoms with Gasteiger partial charge in [-0.05, 0) is 35.4 Å². The molecule has 0 aliphatic carbocycles. The van der Waals surface area contributed by atoms with Crippen molar-refractivity contribution < 1.29 is 14.9 Å². The van der Waals surface area contributed by atoms with Gasteiger partial charge >= 0.3 is 0 Å². The lowest BCUT2D eigenvalue weighted by Crippen LogP contribution is -2.03. The number of phenolic OH excluding ortho intramolecular Hbond substituents is 2. The second-order valence-corrected chi connectivity index (χ2v) is 5.38. The Morgan fingerprint density at radius 1 is 0.773 bits per heavy atom. The van der Waals surface area contributed by atoms with Crippen molar-refractivity contribution in [1.82, 2.24) is 0 Å². The number of ether oxygens (including phenoxy) is 1. The van der Waals surface area contributed by atoms with Crippen LogP contribution in [0.5, 0.6) is 23.0 Å². The molecule has 108 valence electrons. The first-order valence-electron chi connectivity index (χ1n) is 7.12. The summed E-state index contributed by atoms with van der Waals surface area (Å²) in [6.07, 6.45) is 0.637. The van der Waals surface area contributed by atoms with Crippen LogP contribution in [0.3, 0.4) is 0 Å². The van der Waals surface area contributed by atoms with Crippen LogP contribution in [-0.4, -0.2) is 10.2 Å². The maximum atomic E-state index is 10.4. The fraction of sp³-hybridized carbons (Fsp3) is 0.0526. The third kappa shape index (κ3) is 1.99. The highest BCUT2D eigenvalue weighted by Gasteiger charge is 2.21. The van der Waals surface area contributed by atoms with E-state index in [1.165, 1.54) is 0 Å². The van der Waals surface area contributed by atoms with Crippen molar-refractivity contribution in [2.45, 2.75) is 6.42 Å². The standard InChI is InChI=1S/C19H14O3/c20-16-7-3-2-6-14(16)13-10-17(21)15-9-12-5-1-4-8-18(12)22-19(15)11-13/h1-8,10-11,20-21H,9H2. The molecule has 1 aliphatic rings. The zero-order valence-electron chi connectivity index (χ0n) is 11.8. The maximum Gasteiger partial charge on any atom is 0.135 e. The Hall–Kier alpha value is -2.94. The molecular formula is C19H14O3. The van der Waals surface area contributed by atoms with E-state index in [2.05, 4.69) is 0 Å². The second-order valence-electron chi connectivity index (χ2n) is 5.38. The fourth-order valence-electron chi connectivity index (χ4n) is 2.83. The molecule has 0 saturated heterocycles. The summed E-state index contributed by atoms with van der Waals surface area (Å²) in [7, 11) is 0. The highest BCUT2D eigenvalue weighted by molar-refractivity contribution is 5.74. The Balaban J connectivity index is 1.85. The highest BCUT2D eigenvalue weighted by atomic mass is 16.5. The molecule has 0 aromatic heterocycles. The Morgan fingerprint density at radius 3 is 2.41 bits per heavy atom. The molecular weight excluding hydrogens is 276 g/mol. The summed E-state index contributed by atoms with van der Waals surface area (Å²) in [5, 5.41) is 20.3. The molecule has 0 saturated carbocycles. The topological polar surface area (TPSA) is 49.7 Å². The van der Waals surface area contributed by atoms with Crippen molar-refractivity contribution in [3.05, 3.63) is 71.8 Å². The summed E-state index contributed by atoms with van der Waals surface area (Å²) in [4.78, 5) is 0. The maximum absolute atomic E-state index is 10.4. The van der Waals surface area contributed by atoms with Crippen molar-refractivity contribution in [1.29, 1.82) is 0 Å². The first-order chi connectivity index (χ1) is 10.7. The first kappa shape index (κ1) is 12.8. The fourth-order valence-corrected chi connectivity index (χ4v) is 2.83. The molecule has 0 spiro atoms. The van der Waals surface area contributed by atoms with Gasteiger partial charge in [0.2, 0.25) is 0 Å². The molecule has 3 aromatic rings. The van der Waals surface area contributed by atoms with Gasteiger partial charge in [0.25, 0.3) is 0 Å². The van der Waals surface area contributed by atoms with Crippen LogP contribution in [0.4, 0.5) is 0 Å². The van der Waals surface area contributed by atoms with Crippen molar-refractivity contribution >= 4 is 0 Å². The lowest BCUT2D eigenvalue weighted by Gasteiger charge is -2.22. The van der Waals surface area contributed by atoms with Crippen LogP contribution in [0.25, 0.3) is 11.1 Å². The average Bonchev–Trinajstić information content (AvgIpc) is 2.53. The average molecular weight is 290 g/mol. The van der Waals surface area contributed by atoms with E-state index in [9.17, 15) is 10.2 Å². The van der Waals surface area contributed by atoms with Crippen LogP contribution in [-0.2, 0) is 6.42 Å². The van der Waals surface area contributed by atoms with E-state index in [0.717, 1.165) is 22.4 Å².